The minimum Gasteiger partial charge on any atom is -0.350 e. The number of anilines is 1. The minimum absolute atomic E-state index is 0.0832. The third-order valence-corrected chi connectivity index (χ3v) is 4.29. The summed E-state index contributed by atoms with van der Waals surface area (Å²) in [5.74, 6) is -0.0292. The maximum Gasteiger partial charge on any atom is 0.243 e. The van der Waals surface area contributed by atoms with Crippen LogP contribution in [0.4, 0.5) is 10.2 Å². The maximum atomic E-state index is 13.3. The summed E-state index contributed by atoms with van der Waals surface area (Å²) >= 11 is 0. The molecule has 1 N–H and O–H groups in total. The van der Waals surface area contributed by atoms with Crippen LogP contribution < -0.4 is 10.2 Å². The molecule has 1 aliphatic rings. The summed E-state index contributed by atoms with van der Waals surface area (Å²) in [6.07, 6.45) is 0.798. The zero-order chi connectivity index (χ0) is 18.0. The fraction of sp³-hybridized carbons (Fsp3) is 0.389. The fourth-order valence-corrected chi connectivity index (χ4v) is 3.11. The molecule has 0 bridgehead atoms. The van der Waals surface area contributed by atoms with Gasteiger partial charge in [0, 0.05) is 19.0 Å². The highest BCUT2D eigenvalue weighted by Crippen LogP contribution is 2.26. The summed E-state index contributed by atoms with van der Waals surface area (Å²) in [5.41, 5.74) is 1.48. The van der Waals surface area contributed by atoms with Crippen LogP contribution in [0.5, 0.6) is 0 Å². The van der Waals surface area contributed by atoms with Crippen LogP contribution in [0.3, 0.4) is 0 Å². The Hall–Kier alpha value is -2.70. The van der Waals surface area contributed by atoms with E-state index in [2.05, 4.69) is 10.4 Å². The van der Waals surface area contributed by atoms with Gasteiger partial charge in [-0.2, -0.15) is 5.10 Å². The van der Waals surface area contributed by atoms with Gasteiger partial charge < -0.3 is 5.32 Å². The van der Waals surface area contributed by atoms with E-state index in [-0.39, 0.29) is 24.2 Å². The number of aromatic nitrogens is 2. The summed E-state index contributed by atoms with van der Waals surface area (Å²) in [5, 5.41) is 7.17. The van der Waals surface area contributed by atoms with Crippen LogP contribution in [-0.2, 0) is 22.7 Å². The average Bonchev–Trinajstić information content (AvgIpc) is 2.96. The van der Waals surface area contributed by atoms with E-state index >= 15 is 0 Å². The molecule has 1 aromatic carbocycles. The lowest BCUT2D eigenvalue weighted by atomic mass is 10.1. The van der Waals surface area contributed by atoms with Gasteiger partial charge in [0.15, 0.2) is 0 Å². The van der Waals surface area contributed by atoms with Crippen molar-refractivity contribution in [1.82, 2.24) is 15.1 Å². The van der Waals surface area contributed by atoms with Gasteiger partial charge in [-0.1, -0.05) is 19.1 Å². The molecule has 2 heterocycles. The van der Waals surface area contributed by atoms with E-state index in [0.717, 1.165) is 5.69 Å². The van der Waals surface area contributed by atoms with Crippen molar-refractivity contribution in [2.24, 2.45) is 0 Å². The van der Waals surface area contributed by atoms with E-state index in [4.69, 9.17) is 0 Å². The third-order valence-electron chi connectivity index (χ3n) is 4.29. The first-order chi connectivity index (χ1) is 12.0. The van der Waals surface area contributed by atoms with E-state index in [1.165, 1.54) is 17.0 Å². The highest BCUT2D eigenvalue weighted by molar-refractivity contribution is 6.00. The number of nitrogens with one attached hydrogen (secondary N) is 1. The van der Waals surface area contributed by atoms with Gasteiger partial charge in [0.05, 0.1) is 12.2 Å². The number of amides is 2. The second-order valence-electron chi connectivity index (χ2n) is 6.15. The predicted octanol–water partition coefficient (Wildman–Crippen LogP) is 2.16. The van der Waals surface area contributed by atoms with Gasteiger partial charge in [-0.3, -0.25) is 14.5 Å². The molecule has 132 valence electrons. The van der Waals surface area contributed by atoms with Crippen LogP contribution in [0.2, 0.25) is 0 Å². The van der Waals surface area contributed by atoms with Crippen molar-refractivity contribution in [3.8, 4) is 0 Å². The molecular formula is C18H21FN4O2. The monoisotopic (exact) mass is 344 g/mol. The molecule has 25 heavy (non-hydrogen) atoms. The van der Waals surface area contributed by atoms with Crippen molar-refractivity contribution < 1.29 is 14.0 Å². The van der Waals surface area contributed by atoms with Crippen molar-refractivity contribution in [3.63, 3.8) is 0 Å². The second kappa shape index (κ2) is 7.04. The molecule has 0 saturated carbocycles. The highest BCUT2D eigenvalue weighted by Gasteiger charge is 2.34. The molecule has 1 aromatic heterocycles. The Kier molecular flexibility index (Phi) is 4.83. The molecular weight excluding hydrogens is 323 g/mol. The Bertz CT molecular complexity index is 802. The van der Waals surface area contributed by atoms with Gasteiger partial charge in [0.2, 0.25) is 11.8 Å². The first-order valence-electron chi connectivity index (χ1n) is 8.38. The molecule has 3 rings (SSSR count). The Morgan fingerprint density at radius 2 is 2.20 bits per heavy atom. The van der Waals surface area contributed by atoms with Crippen LogP contribution in [0.1, 0.15) is 31.0 Å². The number of hydrogen-bond acceptors (Lipinski definition) is 3. The Balaban J connectivity index is 1.77. The number of fused-ring (bicyclic) bond motifs is 1. The topological polar surface area (TPSA) is 67.2 Å². The summed E-state index contributed by atoms with van der Waals surface area (Å²) in [6.45, 7) is 4.47. The number of carbonyl (C=O) groups is 2. The Morgan fingerprint density at radius 1 is 1.40 bits per heavy atom. The highest BCUT2D eigenvalue weighted by atomic mass is 19.1. The Labute approximate surface area is 145 Å². The van der Waals surface area contributed by atoms with Crippen LogP contribution >= 0.6 is 0 Å². The van der Waals surface area contributed by atoms with Crippen molar-refractivity contribution in [3.05, 3.63) is 47.4 Å². The number of rotatable bonds is 5. The lowest BCUT2D eigenvalue weighted by Crippen LogP contribution is -2.52. The van der Waals surface area contributed by atoms with Crippen molar-refractivity contribution in [1.29, 1.82) is 0 Å². The van der Waals surface area contributed by atoms with E-state index in [1.54, 1.807) is 16.8 Å². The molecule has 0 saturated heterocycles. The fourth-order valence-electron chi connectivity index (χ4n) is 3.11. The standard InChI is InChI=1S/C18H21FN4O2/c1-3-15(18(25)20-11-13-5-4-6-14(19)10-13)23-16-9-12(2)21-22(16)8-7-17(23)24/h4-6,9-10,15H,3,7-8,11H2,1-2H3,(H,20,25). The summed E-state index contributed by atoms with van der Waals surface area (Å²) in [4.78, 5) is 26.6. The van der Waals surface area contributed by atoms with Gasteiger partial charge in [-0.15, -0.1) is 0 Å². The number of nitrogens with zero attached hydrogens (tertiary/aromatic N) is 3. The quantitative estimate of drug-likeness (QED) is 0.904. The van der Waals surface area contributed by atoms with E-state index in [9.17, 15) is 14.0 Å². The molecule has 1 atom stereocenters. The molecule has 0 radical (unpaired) electrons. The first kappa shape index (κ1) is 17.1. The number of halogens is 1. The van der Waals surface area contributed by atoms with E-state index < -0.39 is 6.04 Å². The lowest BCUT2D eigenvalue weighted by molar-refractivity contribution is -0.127. The molecule has 2 amide bonds. The normalized spacial score (nSPS) is 15.0. The van der Waals surface area contributed by atoms with Crippen molar-refractivity contribution in [2.75, 3.05) is 4.90 Å². The third kappa shape index (κ3) is 3.55. The summed E-state index contributed by atoms with van der Waals surface area (Å²) in [7, 11) is 0. The molecule has 1 aliphatic heterocycles. The van der Waals surface area contributed by atoms with Crippen molar-refractivity contribution >= 4 is 17.6 Å². The van der Waals surface area contributed by atoms with Gasteiger partial charge in [-0.25, -0.2) is 9.07 Å². The van der Waals surface area contributed by atoms with Crippen LogP contribution in [0.25, 0.3) is 0 Å². The smallest absolute Gasteiger partial charge is 0.243 e. The molecule has 1 unspecified atom stereocenters. The number of benzene rings is 1. The van der Waals surface area contributed by atoms with Crippen LogP contribution in [0.15, 0.2) is 30.3 Å². The molecule has 7 heteroatoms. The molecule has 2 aromatic rings. The number of carbonyl (C=O) groups excluding carboxylic acids is 2. The Morgan fingerprint density at radius 3 is 2.92 bits per heavy atom. The predicted molar refractivity (Wildman–Crippen MR) is 91.4 cm³/mol. The van der Waals surface area contributed by atoms with Crippen LogP contribution in [0, 0.1) is 12.7 Å². The first-order valence-corrected chi connectivity index (χ1v) is 8.38. The minimum atomic E-state index is -0.615. The van der Waals surface area contributed by atoms with Gasteiger partial charge in [0.1, 0.15) is 17.7 Å². The molecule has 0 spiro atoms. The summed E-state index contributed by atoms with van der Waals surface area (Å²) in [6, 6.07) is 7.29. The van der Waals surface area contributed by atoms with Gasteiger partial charge >= 0.3 is 0 Å². The largest absolute Gasteiger partial charge is 0.350 e. The van der Waals surface area contributed by atoms with Gasteiger partial charge in [-0.05, 0) is 31.0 Å². The average molecular weight is 344 g/mol. The second-order valence-corrected chi connectivity index (χ2v) is 6.15. The van der Waals surface area contributed by atoms with Crippen LogP contribution in [-0.4, -0.2) is 27.6 Å². The zero-order valence-corrected chi connectivity index (χ0v) is 14.3. The lowest BCUT2D eigenvalue weighted by Gasteiger charge is -2.33. The molecule has 6 nitrogen and oxygen atoms in total. The number of aryl methyl sites for hydroxylation is 2. The summed E-state index contributed by atoms with van der Waals surface area (Å²) < 4.78 is 15.0. The van der Waals surface area contributed by atoms with Gasteiger partial charge in [0.25, 0.3) is 0 Å². The SMILES string of the molecule is CCC(C(=O)NCc1cccc(F)c1)N1C(=O)CCn2nc(C)cc21. The van der Waals surface area contributed by atoms with Crippen molar-refractivity contribution in [2.45, 2.75) is 45.8 Å². The zero-order valence-electron chi connectivity index (χ0n) is 14.3. The van der Waals surface area contributed by atoms with E-state index in [1.807, 2.05) is 19.9 Å². The maximum absolute atomic E-state index is 13.3. The number of hydrogen-bond donors (Lipinski definition) is 1. The molecule has 0 aliphatic carbocycles. The molecule has 0 fully saturated rings. The van der Waals surface area contributed by atoms with E-state index in [0.29, 0.717) is 30.8 Å².